The van der Waals surface area contributed by atoms with E-state index in [-0.39, 0.29) is 5.69 Å². The summed E-state index contributed by atoms with van der Waals surface area (Å²) in [5, 5.41) is 18.8. The molecule has 0 bridgehead atoms. The van der Waals surface area contributed by atoms with Crippen LogP contribution in [-0.2, 0) is 15.7 Å². The van der Waals surface area contributed by atoms with Crippen molar-refractivity contribution in [3.8, 4) is 0 Å². The summed E-state index contributed by atoms with van der Waals surface area (Å²) in [6.07, 6.45) is -7.70. The molecular formula is C10H10F3NO4. The first kappa shape index (κ1) is 14.4. The van der Waals surface area contributed by atoms with E-state index in [2.05, 4.69) is 9.72 Å². The Morgan fingerprint density at radius 3 is 2.39 bits per heavy atom. The fourth-order valence-corrected chi connectivity index (χ4v) is 1.16. The molecule has 1 aromatic heterocycles. The van der Waals surface area contributed by atoms with E-state index < -0.39 is 29.9 Å². The fourth-order valence-electron chi connectivity index (χ4n) is 1.16. The Kier molecular flexibility index (Phi) is 4.25. The van der Waals surface area contributed by atoms with Crippen LogP contribution in [0.15, 0.2) is 18.3 Å². The zero-order valence-electron chi connectivity index (χ0n) is 9.18. The first-order valence-corrected chi connectivity index (χ1v) is 4.74. The van der Waals surface area contributed by atoms with E-state index in [4.69, 9.17) is 0 Å². The fraction of sp³-hybridized carbons (Fsp3) is 0.400. The zero-order valence-corrected chi connectivity index (χ0v) is 9.18. The minimum absolute atomic E-state index is 0.263. The molecule has 100 valence electrons. The Hall–Kier alpha value is -1.67. The van der Waals surface area contributed by atoms with Gasteiger partial charge in [-0.3, -0.25) is 4.98 Å². The number of aromatic nitrogens is 1. The molecule has 0 saturated carbocycles. The van der Waals surface area contributed by atoms with Gasteiger partial charge in [0.15, 0.2) is 6.10 Å². The second-order valence-electron chi connectivity index (χ2n) is 3.38. The van der Waals surface area contributed by atoms with Crippen molar-refractivity contribution in [3.05, 3.63) is 29.6 Å². The van der Waals surface area contributed by atoms with E-state index in [0.29, 0.717) is 12.3 Å². The maximum Gasteiger partial charge on any atom is 0.417 e. The predicted molar refractivity (Wildman–Crippen MR) is 52.2 cm³/mol. The molecule has 0 radical (unpaired) electrons. The number of esters is 1. The predicted octanol–water partition coefficient (Wildman–Crippen LogP) is 0.668. The largest absolute Gasteiger partial charge is 0.467 e. The molecule has 0 saturated heterocycles. The summed E-state index contributed by atoms with van der Waals surface area (Å²) in [7, 11) is 0.998. The van der Waals surface area contributed by atoms with E-state index >= 15 is 0 Å². The molecule has 0 spiro atoms. The number of carbonyl (C=O) groups excluding carboxylic acids is 1. The van der Waals surface area contributed by atoms with Crippen LogP contribution in [0.4, 0.5) is 13.2 Å². The van der Waals surface area contributed by atoms with E-state index in [1.54, 1.807) is 0 Å². The molecule has 1 rings (SSSR count). The number of hydrogen-bond acceptors (Lipinski definition) is 5. The summed E-state index contributed by atoms with van der Waals surface area (Å²) in [6.45, 7) is 0. The van der Waals surface area contributed by atoms with Gasteiger partial charge in [-0.15, -0.1) is 0 Å². The first-order chi connectivity index (χ1) is 8.27. The average molecular weight is 265 g/mol. The van der Waals surface area contributed by atoms with Gasteiger partial charge < -0.3 is 14.9 Å². The lowest BCUT2D eigenvalue weighted by molar-refractivity contribution is -0.157. The van der Waals surface area contributed by atoms with Gasteiger partial charge in [0.05, 0.1) is 18.4 Å². The monoisotopic (exact) mass is 265 g/mol. The highest BCUT2D eigenvalue weighted by molar-refractivity contribution is 5.75. The van der Waals surface area contributed by atoms with Gasteiger partial charge in [0.2, 0.25) is 0 Å². The molecule has 0 aromatic carbocycles. The number of carbonyl (C=O) groups is 1. The number of pyridine rings is 1. The number of nitrogens with zero attached hydrogens (tertiary/aromatic N) is 1. The van der Waals surface area contributed by atoms with Crippen LogP contribution in [0.2, 0.25) is 0 Å². The number of aliphatic hydroxyl groups excluding tert-OH is 2. The van der Waals surface area contributed by atoms with Gasteiger partial charge in [0, 0.05) is 6.20 Å². The average Bonchev–Trinajstić information content (AvgIpc) is 2.35. The van der Waals surface area contributed by atoms with Gasteiger partial charge in [0.25, 0.3) is 0 Å². The van der Waals surface area contributed by atoms with Gasteiger partial charge in [-0.05, 0) is 12.1 Å². The van der Waals surface area contributed by atoms with Crippen LogP contribution in [0.1, 0.15) is 17.4 Å². The maximum absolute atomic E-state index is 12.2. The number of ether oxygens (including phenoxy) is 1. The number of aliphatic hydroxyl groups is 2. The van der Waals surface area contributed by atoms with Crippen LogP contribution in [0.25, 0.3) is 0 Å². The third-order valence-corrected chi connectivity index (χ3v) is 2.16. The van der Waals surface area contributed by atoms with Crippen molar-refractivity contribution in [3.63, 3.8) is 0 Å². The summed E-state index contributed by atoms with van der Waals surface area (Å²) >= 11 is 0. The number of alkyl halides is 3. The SMILES string of the molecule is COC(=O)C(O)C(O)c1ccc(C(F)(F)F)cn1. The molecule has 8 heteroatoms. The molecule has 2 unspecified atom stereocenters. The molecule has 0 amide bonds. The number of rotatable bonds is 3. The quantitative estimate of drug-likeness (QED) is 0.785. The highest BCUT2D eigenvalue weighted by atomic mass is 19.4. The summed E-state index contributed by atoms with van der Waals surface area (Å²) in [5.41, 5.74) is -1.26. The minimum Gasteiger partial charge on any atom is -0.467 e. The highest BCUT2D eigenvalue weighted by Crippen LogP contribution is 2.29. The van der Waals surface area contributed by atoms with Crippen molar-refractivity contribution in [1.82, 2.24) is 4.98 Å². The number of hydrogen-bond donors (Lipinski definition) is 2. The van der Waals surface area contributed by atoms with E-state index in [9.17, 15) is 28.2 Å². The second kappa shape index (κ2) is 5.32. The number of methoxy groups -OCH3 is 1. The smallest absolute Gasteiger partial charge is 0.417 e. The van der Waals surface area contributed by atoms with Gasteiger partial charge >= 0.3 is 12.1 Å². The van der Waals surface area contributed by atoms with E-state index in [0.717, 1.165) is 13.2 Å². The molecule has 2 N–H and O–H groups in total. The summed E-state index contributed by atoms with van der Waals surface area (Å²) in [4.78, 5) is 14.3. The summed E-state index contributed by atoms with van der Waals surface area (Å²) in [5.74, 6) is -1.11. The van der Waals surface area contributed by atoms with E-state index in [1.807, 2.05) is 0 Å². The standard InChI is InChI=1S/C10H10F3NO4/c1-18-9(17)8(16)7(15)6-3-2-5(4-14-6)10(11,12)13/h2-4,7-8,15-16H,1H3. The van der Waals surface area contributed by atoms with Crippen LogP contribution in [0, 0.1) is 0 Å². The summed E-state index contributed by atoms with van der Waals surface area (Å²) < 4.78 is 40.9. The van der Waals surface area contributed by atoms with Crippen molar-refractivity contribution in [1.29, 1.82) is 0 Å². The molecule has 2 atom stereocenters. The van der Waals surface area contributed by atoms with Crippen molar-refractivity contribution in [2.24, 2.45) is 0 Å². The Bertz CT molecular complexity index is 418. The van der Waals surface area contributed by atoms with Crippen LogP contribution >= 0.6 is 0 Å². The van der Waals surface area contributed by atoms with Crippen LogP contribution in [0.5, 0.6) is 0 Å². The van der Waals surface area contributed by atoms with Crippen molar-refractivity contribution < 1.29 is 32.9 Å². The summed E-state index contributed by atoms with van der Waals surface area (Å²) in [6, 6.07) is 1.56. The first-order valence-electron chi connectivity index (χ1n) is 4.74. The normalized spacial score (nSPS) is 15.0. The van der Waals surface area contributed by atoms with Gasteiger partial charge in [-0.1, -0.05) is 0 Å². The molecular weight excluding hydrogens is 255 g/mol. The lowest BCUT2D eigenvalue weighted by Gasteiger charge is -2.15. The van der Waals surface area contributed by atoms with Gasteiger partial charge in [-0.2, -0.15) is 13.2 Å². The number of halogens is 3. The zero-order chi connectivity index (χ0) is 13.9. The molecule has 0 aliphatic heterocycles. The van der Waals surface area contributed by atoms with E-state index in [1.165, 1.54) is 0 Å². The van der Waals surface area contributed by atoms with Crippen molar-refractivity contribution >= 4 is 5.97 Å². The molecule has 18 heavy (non-hydrogen) atoms. The molecule has 0 aliphatic rings. The third-order valence-electron chi connectivity index (χ3n) is 2.16. The van der Waals surface area contributed by atoms with Crippen LogP contribution < -0.4 is 0 Å². The Morgan fingerprint density at radius 2 is 2.00 bits per heavy atom. The molecule has 1 aromatic rings. The van der Waals surface area contributed by atoms with Gasteiger partial charge in [-0.25, -0.2) is 4.79 Å². The van der Waals surface area contributed by atoms with Gasteiger partial charge in [0.1, 0.15) is 6.10 Å². The van der Waals surface area contributed by atoms with Crippen LogP contribution in [-0.4, -0.2) is 34.4 Å². The second-order valence-corrected chi connectivity index (χ2v) is 3.38. The molecule has 5 nitrogen and oxygen atoms in total. The molecule has 0 fully saturated rings. The Labute approximate surface area is 99.8 Å². The highest BCUT2D eigenvalue weighted by Gasteiger charge is 2.32. The minimum atomic E-state index is -4.54. The van der Waals surface area contributed by atoms with Crippen molar-refractivity contribution in [2.45, 2.75) is 18.4 Å². The topological polar surface area (TPSA) is 79.7 Å². The Balaban J connectivity index is 2.89. The third kappa shape index (κ3) is 3.17. The molecule has 0 aliphatic carbocycles. The van der Waals surface area contributed by atoms with Crippen LogP contribution in [0.3, 0.4) is 0 Å². The van der Waals surface area contributed by atoms with Crippen molar-refractivity contribution in [2.75, 3.05) is 7.11 Å². The maximum atomic E-state index is 12.2. The lowest BCUT2D eigenvalue weighted by Crippen LogP contribution is -2.29. The Morgan fingerprint density at radius 1 is 1.39 bits per heavy atom. The molecule has 1 heterocycles. The lowest BCUT2D eigenvalue weighted by atomic mass is 10.1.